The lowest BCUT2D eigenvalue weighted by atomic mass is 10.1. The van der Waals surface area contributed by atoms with Gasteiger partial charge < -0.3 is 0 Å². The zero-order valence-electron chi connectivity index (χ0n) is 11.1. The maximum Gasteiger partial charge on any atom is 0.0117 e. The Bertz CT molecular complexity index is 150. The Morgan fingerprint density at radius 1 is 0.706 bits per heavy atom. The molecule has 0 aliphatic carbocycles. The second-order valence-corrected chi connectivity index (χ2v) is 9.41. The summed E-state index contributed by atoms with van der Waals surface area (Å²) in [5.41, 5.74) is 0. The average molecular weight is 576 g/mol. The van der Waals surface area contributed by atoms with Crippen LogP contribution in [0.25, 0.3) is 0 Å². The van der Waals surface area contributed by atoms with Crippen LogP contribution < -0.4 is 0 Å². The summed E-state index contributed by atoms with van der Waals surface area (Å²) in [7, 11) is 0. The molecule has 0 nitrogen and oxygen atoms in total. The van der Waals surface area contributed by atoms with Crippen LogP contribution in [0.15, 0.2) is 0 Å². The maximum absolute atomic E-state index is 2.65. The lowest BCUT2D eigenvalue weighted by molar-refractivity contribution is 0.569. The summed E-state index contributed by atoms with van der Waals surface area (Å²) in [6.45, 7) is 2.29. The van der Waals surface area contributed by atoms with E-state index >= 15 is 0 Å². The van der Waals surface area contributed by atoms with Crippen molar-refractivity contribution in [3.05, 3.63) is 0 Å². The van der Waals surface area contributed by atoms with Crippen LogP contribution in [-0.2, 0) is 0 Å². The molecule has 2 unspecified atom stereocenters. The van der Waals surface area contributed by atoms with E-state index in [4.69, 9.17) is 0 Å². The Hall–Kier alpha value is 2.19. The van der Waals surface area contributed by atoms with Gasteiger partial charge in [-0.15, -0.1) is 0 Å². The summed E-state index contributed by atoms with van der Waals surface area (Å²) < 4.78 is 3.18. The monoisotopic (exact) mass is 576 g/mol. The van der Waals surface area contributed by atoms with Gasteiger partial charge in [0.2, 0.25) is 0 Å². The molecular weight excluding hydrogens is 549 g/mol. The number of alkyl halides is 3. The Kier molecular flexibility index (Phi) is 16.5. The fourth-order valence-electron chi connectivity index (χ4n) is 1.92. The Morgan fingerprint density at radius 3 is 1.65 bits per heavy atom. The normalized spacial score (nSPS) is 14.8. The second-order valence-electron chi connectivity index (χ2n) is 4.81. The Labute approximate surface area is 149 Å². The molecule has 0 bridgehead atoms. The van der Waals surface area contributed by atoms with Gasteiger partial charge in [0.1, 0.15) is 0 Å². The maximum atomic E-state index is 2.65. The van der Waals surface area contributed by atoms with Crippen molar-refractivity contribution in [1.29, 1.82) is 0 Å². The molecule has 2 atom stereocenters. The number of rotatable bonds is 12. The van der Waals surface area contributed by atoms with Crippen molar-refractivity contribution in [2.45, 2.75) is 79.0 Å². The molecule has 0 aliphatic heterocycles. The first-order valence-electron chi connectivity index (χ1n) is 7.04. The molecule has 0 aromatic rings. The van der Waals surface area contributed by atoms with Crippen molar-refractivity contribution in [3.8, 4) is 0 Å². The lowest BCUT2D eigenvalue weighted by Gasteiger charge is -2.09. The van der Waals surface area contributed by atoms with Crippen LogP contribution in [-0.4, -0.2) is 12.3 Å². The quantitative estimate of drug-likeness (QED) is 0.134. The molecule has 0 radical (unpaired) electrons. The summed E-state index contributed by atoms with van der Waals surface area (Å²) in [4.78, 5) is 0. The number of hydrogen-bond donors (Lipinski definition) is 0. The molecule has 0 N–H and O–H groups in total. The van der Waals surface area contributed by atoms with Crippen molar-refractivity contribution in [1.82, 2.24) is 0 Å². The zero-order valence-corrected chi connectivity index (χ0v) is 17.5. The third-order valence-corrected chi connectivity index (χ3v) is 6.19. The Morgan fingerprint density at radius 2 is 1.18 bits per heavy atom. The zero-order chi connectivity index (χ0) is 12.9. The standard InChI is InChI=1S/C14H27I3/c1-2-3-8-13(16)9-6-4-5-7-10-14(17)11-12-15/h13-14H,2-12H2,1H3. The van der Waals surface area contributed by atoms with Gasteiger partial charge in [0.25, 0.3) is 0 Å². The van der Waals surface area contributed by atoms with Gasteiger partial charge in [-0.1, -0.05) is 113 Å². The molecule has 0 saturated carbocycles. The summed E-state index contributed by atoms with van der Waals surface area (Å²) in [6.07, 6.45) is 14.3. The molecule has 0 fully saturated rings. The van der Waals surface area contributed by atoms with Gasteiger partial charge in [-0.25, -0.2) is 0 Å². The molecular formula is C14H27I3. The molecule has 0 spiro atoms. The first kappa shape index (κ1) is 19.2. The largest absolute Gasteiger partial charge is 0.0863 e. The lowest BCUT2D eigenvalue weighted by Crippen LogP contribution is -1.99. The molecule has 0 aromatic heterocycles. The van der Waals surface area contributed by atoms with E-state index in [1.807, 2.05) is 0 Å². The van der Waals surface area contributed by atoms with Gasteiger partial charge in [0.15, 0.2) is 0 Å². The van der Waals surface area contributed by atoms with Crippen LogP contribution in [0.1, 0.15) is 71.1 Å². The van der Waals surface area contributed by atoms with Crippen molar-refractivity contribution in [2.75, 3.05) is 4.43 Å². The first-order valence-corrected chi connectivity index (χ1v) is 11.1. The molecule has 104 valence electrons. The van der Waals surface area contributed by atoms with E-state index < -0.39 is 0 Å². The van der Waals surface area contributed by atoms with Crippen molar-refractivity contribution in [3.63, 3.8) is 0 Å². The van der Waals surface area contributed by atoms with E-state index in [0.717, 1.165) is 7.85 Å². The first-order chi connectivity index (χ1) is 8.20. The van der Waals surface area contributed by atoms with Crippen molar-refractivity contribution in [2.24, 2.45) is 0 Å². The minimum atomic E-state index is 0.923. The van der Waals surface area contributed by atoms with Gasteiger partial charge in [0.05, 0.1) is 0 Å². The third kappa shape index (κ3) is 14.4. The van der Waals surface area contributed by atoms with Crippen LogP contribution in [0.2, 0.25) is 0 Å². The molecule has 3 heteroatoms. The van der Waals surface area contributed by atoms with Gasteiger partial charge in [0, 0.05) is 12.3 Å². The molecule has 17 heavy (non-hydrogen) atoms. The smallest absolute Gasteiger partial charge is 0.0117 e. The van der Waals surface area contributed by atoms with Crippen LogP contribution in [0.3, 0.4) is 0 Å². The SMILES string of the molecule is CCCCC(I)CCCCCCC(I)CCI. The summed E-state index contributed by atoms with van der Waals surface area (Å²) in [5.74, 6) is 0. The molecule has 0 aliphatic rings. The highest BCUT2D eigenvalue weighted by atomic mass is 127. The average Bonchev–Trinajstić information content (AvgIpc) is 2.31. The summed E-state index contributed by atoms with van der Waals surface area (Å²) in [5, 5.41) is 0. The highest BCUT2D eigenvalue weighted by molar-refractivity contribution is 14.1. The van der Waals surface area contributed by atoms with Gasteiger partial charge in [-0.05, 0) is 25.7 Å². The predicted octanol–water partition coefficient (Wildman–Crippen LogP) is 6.95. The van der Waals surface area contributed by atoms with Crippen LogP contribution >= 0.6 is 67.8 Å². The molecule has 0 saturated heterocycles. The topological polar surface area (TPSA) is 0 Å². The van der Waals surface area contributed by atoms with E-state index in [1.54, 1.807) is 0 Å². The van der Waals surface area contributed by atoms with Gasteiger partial charge >= 0.3 is 0 Å². The number of unbranched alkanes of at least 4 members (excludes halogenated alkanes) is 4. The minimum absolute atomic E-state index is 0.923. The predicted molar refractivity (Wildman–Crippen MR) is 106 cm³/mol. The van der Waals surface area contributed by atoms with Crippen LogP contribution in [0.4, 0.5) is 0 Å². The molecule has 0 aromatic carbocycles. The number of hydrogen-bond acceptors (Lipinski definition) is 0. The van der Waals surface area contributed by atoms with E-state index in [0.29, 0.717) is 0 Å². The molecule has 0 amide bonds. The van der Waals surface area contributed by atoms with Gasteiger partial charge in [-0.3, -0.25) is 0 Å². The fourth-order valence-corrected chi connectivity index (χ4v) is 5.49. The minimum Gasteiger partial charge on any atom is -0.0863 e. The van der Waals surface area contributed by atoms with E-state index in [-0.39, 0.29) is 0 Å². The van der Waals surface area contributed by atoms with Crippen molar-refractivity contribution >= 4 is 67.8 Å². The van der Waals surface area contributed by atoms with Crippen molar-refractivity contribution < 1.29 is 0 Å². The van der Waals surface area contributed by atoms with Crippen LogP contribution in [0, 0.1) is 0 Å². The van der Waals surface area contributed by atoms with E-state index in [9.17, 15) is 0 Å². The second kappa shape index (κ2) is 14.6. The summed E-state index contributed by atoms with van der Waals surface area (Å²) >= 11 is 7.76. The van der Waals surface area contributed by atoms with E-state index in [1.165, 1.54) is 68.6 Å². The molecule has 0 rings (SSSR count). The highest BCUT2D eigenvalue weighted by Gasteiger charge is 2.04. The highest BCUT2D eigenvalue weighted by Crippen LogP contribution is 2.20. The van der Waals surface area contributed by atoms with Gasteiger partial charge in [-0.2, -0.15) is 0 Å². The third-order valence-electron chi connectivity index (χ3n) is 3.08. The van der Waals surface area contributed by atoms with E-state index in [2.05, 4.69) is 74.7 Å². The number of halogens is 3. The van der Waals surface area contributed by atoms with Crippen LogP contribution in [0.5, 0.6) is 0 Å². The molecule has 0 heterocycles. The fraction of sp³-hybridized carbons (Fsp3) is 1.00. The summed E-state index contributed by atoms with van der Waals surface area (Å²) in [6, 6.07) is 0. The Balaban J connectivity index is 3.17.